The molecule has 0 radical (unpaired) electrons. The van der Waals surface area contributed by atoms with Gasteiger partial charge in [0.05, 0.1) is 12.1 Å². The standard InChI is InChI=1S/C20H36N6O7/c1-11(27)16(26-17(29)12-6-4-10-23-12)19(31)24-13(7-8-15(22)28)18(30)25-14(20(32)33)5-2-3-9-21/h11-14,16,23,27H,2-10,21H2,1H3,(H2,22,28)(H,24,31)(H,25,30)(H,26,29)(H,32,33). The van der Waals surface area contributed by atoms with Crippen LogP contribution in [0.25, 0.3) is 0 Å². The summed E-state index contributed by atoms with van der Waals surface area (Å²) in [7, 11) is 0. The fourth-order valence-corrected chi connectivity index (χ4v) is 3.41. The van der Waals surface area contributed by atoms with Crippen LogP contribution in [0.5, 0.6) is 0 Å². The van der Waals surface area contributed by atoms with Crippen LogP contribution in [0.3, 0.4) is 0 Å². The Morgan fingerprint density at radius 1 is 1.03 bits per heavy atom. The van der Waals surface area contributed by atoms with Crippen LogP contribution in [-0.2, 0) is 24.0 Å². The van der Waals surface area contributed by atoms with Gasteiger partial charge in [-0.25, -0.2) is 4.79 Å². The minimum atomic E-state index is -1.36. The Balaban J connectivity index is 2.88. The minimum absolute atomic E-state index is 0.134. The first-order valence-corrected chi connectivity index (χ1v) is 11.1. The zero-order chi connectivity index (χ0) is 25.0. The fourth-order valence-electron chi connectivity index (χ4n) is 3.41. The molecule has 1 heterocycles. The van der Waals surface area contributed by atoms with Crippen LogP contribution in [0.4, 0.5) is 0 Å². The maximum Gasteiger partial charge on any atom is 0.326 e. The van der Waals surface area contributed by atoms with Crippen LogP contribution >= 0.6 is 0 Å². The Labute approximate surface area is 192 Å². The number of rotatable bonds is 15. The number of primary amides is 1. The number of carboxylic acid groups (broad SMARTS) is 1. The van der Waals surface area contributed by atoms with E-state index in [1.807, 2.05) is 0 Å². The molecule has 33 heavy (non-hydrogen) atoms. The first-order chi connectivity index (χ1) is 15.6. The van der Waals surface area contributed by atoms with Gasteiger partial charge in [-0.05, 0) is 58.5 Å². The molecule has 13 nitrogen and oxygen atoms in total. The lowest BCUT2D eigenvalue weighted by molar-refractivity contribution is -0.142. The zero-order valence-corrected chi connectivity index (χ0v) is 18.8. The molecular formula is C20H36N6O7. The lowest BCUT2D eigenvalue weighted by Crippen LogP contribution is -2.59. The van der Waals surface area contributed by atoms with Gasteiger partial charge in [0.25, 0.3) is 0 Å². The molecule has 1 aliphatic heterocycles. The van der Waals surface area contributed by atoms with Gasteiger partial charge in [0, 0.05) is 6.42 Å². The third-order valence-electron chi connectivity index (χ3n) is 5.31. The number of carbonyl (C=O) groups is 5. The van der Waals surface area contributed by atoms with Crippen LogP contribution in [0, 0.1) is 0 Å². The molecule has 0 aliphatic carbocycles. The fraction of sp³-hybridized carbons (Fsp3) is 0.750. The highest BCUT2D eigenvalue weighted by atomic mass is 16.4. The molecule has 1 fully saturated rings. The number of aliphatic carboxylic acids is 1. The molecular weight excluding hydrogens is 436 g/mol. The van der Waals surface area contributed by atoms with Crippen LogP contribution in [0.1, 0.15) is 51.9 Å². The van der Waals surface area contributed by atoms with Crippen molar-refractivity contribution < 1.29 is 34.2 Å². The Hall–Kier alpha value is -2.77. The summed E-state index contributed by atoms with van der Waals surface area (Å²) in [5, 5.41) is 29.6. The molecule has 10 N–H and O–H groups in total. The van der Waals surface area contributed by atoms with E-state index in [1.54, 1.807) is 0 Å². The summed E-state index contributed by atoms with van der Waals surface area (Å²) in [6.45, 7) is 2.35. The molecule has 0 aromatic heterocycles. The van der Waals surface area contributed by atoms with E-state index >= 15 is 0 Å². The molecule has 1 rings (SSSR count). The van der Waals surface area contributed by atoms with Crippen LogP contribution < -0.4 is 32.7 Å². The van der Waals surface area contributed by atoms with Crippen molar-refractivity contribution in [2.24, 2.45) is 11.5 Å². The second-order valence-corrected chi connectivity index (χ2v) is 8.13. The Morgan fingerprint density at radius 3 is 2.21 bits per heavy atom. The number of unbranched alkanes of at least 4 members (excludes halogenated alkanes) is 1. The molecule has 0 bridgehead atoms. The van der Waals surface area contributed by atoms with Gasteiger partial charge in [-0.1, -0.05) is 0 Å². The van der Waals surface area contributed by atoms with E-state index < -0.39 is 59.9 Å². The molecule has 0 aromatic rings. The zero-order valence-electron chi connectivity index (χ0n) is 18.8. The maximum atomic E-state index is 12.8. The normalized spacial score (nSPS) is 19.1. The van der Waals surface area contributed by atoms with Crippen molar-refractivity contribution in [3.63, 3.8) is 0 Å². The Kier molecular flexibility index (Phi) is 12.3. The van der Waals surface area contributed by atoms with Crippen molar-refractivity contribution >= 4 is 29.6 Å². The van der Waals surface area contributed by atoms with E-state index in [0.29, 0.717) is 32.4 Å². The van der Waals surface area contributed by atoms with Crippen LogP contribution in [0.15, 0.2) is 0 Å². The topological polar surface area (TPSA) is 226 Å². The first kappa shape index (κ1) is 28.3. The van der Waals surface area contributed by atoms with Gasteiger partial charge in [-0.2, -0.15) is 0 Å². The van der Waals surface area contributed by atoms with Gasteiger partial charge < -0.3 is 42.9 Å². The van der Waals surface area contributed by atoms with Crippen molar-refractivity contribution in [2.75, 3.05) is 13.1 Å². The summed E-state index contributed by atoms with van der Waals surface area (Å²) < 4.78 is 0. The monoisotopic (exact) mass is 472 g/mol. The smallest absolute Gasteiger partial charge is 0.326 e. The summed E-state index contributed by atoms with van der Waals surface area (Å²) in [5.41, 5.74) is 10.6. The predicted octanol–water partition coefficient (Wildman–Crippen LogP) is -2.95. The molecule has 1 saturated heterocycles. The second-order valence-electron chi connectivity index (χ2n) is 8.13. The highest BCUT2D eigenvalue weighted by Crippen LogP contribution is 2.08. The summed E-state index contributed by atoms with van der Waals surface area (Å²) in [4.78, 5) is 60.6. The SMILES string of the molecule is CC(O)C(NC(=O)C1CCCN1)C(=O)NC(CCC(N)=O)C(=O)NC(CCCCN)C(=O)O. The second kappa shape index (κ2) is 14.4. The van der Waals surface area contributed by atoms with E-state index in [2.05, 4.69) is 21.3 Å². The van der Waals surface area contributed by atoms with Gasteiger partial charge in [-0.3, -0.25) is 19.2 Å². The largest absolute Gasteiger partial charge is 0.480 e. The van der Waals surface area contributed by atoms with E-state index in [-0.39, 0.29) is 19.3 Å². The van der Waals surface area contributed by atoms with E-state index in [4.69, 9.17) is 11.5 Å². The summed E-state index contributed by atoms with van der Waals surface area (Å²) in [6, 6.07) is -4.36. The van der Waals surface area contributed by atoms with E-state index in [0.717, 1.165) is 6.42 Å². The Bertz CT molecular complexity index is 696. The number of aliphatic hydroxyl groups is 1. The Morgan fingerprint density at radius 2 is 1.70 bits per heavy atom. The molecule has 0 saturated carbocycles. The highest BCUT2D eigenvalue weighted by molar-refractivity contribution is 5.94. The number of aliphatic hydroxyl groups excluding tert-OH is 1. The van der Waals surface area contributed by atoms with Gasteiger partial charge in [0.15, 0.2) is 0 Å². The highest BCUT2D eigenvalue weighted by Gasteiger charge is 2.33. The van der Waals surface area contributed by atoms with Crippen molar-refractivity contribution in [3.8, 4) is 0 Å². The number of amides is 4. The third-order valence-corrected chi connectivity index (χ3v) is 5.31. The van der Waals surface area contributed by atoms with E-state index in [1.165, 1.54) is 6.92 Å². The minimum Gasteiger partial charge on any atom is -0.480 e. The summed E-state index contributed by atoms with van der Waals surface area (Å²) in [6.07, 6.45) is 0.853. The maximum absolute atomic E-state index is 12.8. The number of nitrogens with two attached hydrogens (primary N) is 2. The molecule has 5 unspecified atom stereocenters. The molecule has 1 aliphatic rings. The third kappa shape index (κ3) is 10.1. The van der Waals surface area contributed by atoms with Crippen molar-refractivity contribution in [1.29, 1.82) is 0 Å². The van der Waals surface area contributed by atoms with Gasteiger partial charge in [-0.15, -0.1) is 0 Å². The van der Waals surface area contributed by atoms with Crippen LogP contribution in [-0.4, -0.2) is 83.2 Å². The quantitative estimate of drug-likeness (QED) is 0.114. The van der Waals surface area contributed by atoms with Crippen molar-refractivity contribution in [2.45, 2.75) is 82.1 Å². The average Bonchev–Trinajstić information content (AvgIpc) is 3.28. The number of carboxylic acids is 1. The molecule has 13 heteroatoms. The number of hydrogen-bond donors (Lipinski definition) is 8. The van der Waals surface area contributed by atoms with Crippen LogP contribution in [0.2, 0.25) is 0 Å². The first-order valence-electron chi connectivity index (χ1n) is 11.1. The summed E-state index contributed by atoms with van der Waals surface area (Å²) >= 11 is 0. The molecule has 5 atom stereocenters. The molecule has 0 spiro atoms. The van der Waals surface area contributed by atoms with Gasteiger partial charge >= 0.3 is 5.97 Å². The number of carbonyl (C=O) groups excluding carboxylic acids is 4. The number of nitrogens with one attached hydrogen (secondary N) is 4. The van der Waals surface area contributed by atoms with Crippen molar-refractivity contribution in [3.05, 3.63) is 0 Å². The van der Waals surface area contributed by atoms with Crippen molar-refractivity contribution in [1.82, 2.24) is 21.3 Å². The lowest BCUT2D eigenvalue weighted by atomic mass is 10.1. The predicted molar refractivity (Wildman–Crippen MR) is 117 cm³/mol. The molecule has 4 amide bonds. The lowest BCUT2D eigenvalue weighted by Gasteiger charge is -2.26. The van der Waals surface area contributed by atoms with E-state index in [9.17, 15) is 34.2 Å². The van der Waals surface area contributed by atoms with Gasteiger partial charge in [0.2, 0.25) is 23.6 Å². The summed E-state index contributed by atoms with van der Waals surface area (Å²) in [5.74, 6) is -4.10. The van der Waals surface area contributed by atoms with Gasteiger partial charge in [0.1, 0.15) is 18.1 Å². The molecule has 0 aromatic carbocycles. The average molecular weight is 473 g/mol. The number of hydrogen-bond acceptors (Lipinski definition) is 8. The molecule has 188 valence electrons.